The van der Waals surface area contributed by atoms with Gasteiger partial charge in [0.1, 0.15) is 15.7 Å². The lowest BCUT2D eigenvalue weighted by molar-refractivity contribution is 0.0187. The maximum absolute atomic E-state index is 12.7. The van der Waals surface area contributed by atoms with Gasteiger partial charge >= 0.3 is 6.09 Å². The zero-order chi connectivity index (χ0) is 31.6. The molecule has 232 valence electrons. The molecule has 5 aromatic rings. The van der Waals surface area contributed by atoms with Crippen LogP contribution in [0.25, 0.3) is 10.9 Å². The number of rotatable bonds is 7. The summed E-state index contributed by atoms with van der Waals surface area (Å²) in [5, 5.41) is 9.81. The number of nitrogens with one attached hydrogen (secondary N) is 1. The summed E-state index contributed by atoms with van der Waals surface area (Å²) < 4.78 is 8.48. The average molecular weight is 667 g/mol. The van der Waals surface area contributed by atoms with Gasteiger partial charge in [-0.3, -0.25) is 0 Å². The number of nitrogens with two attached hydrogens (primary N) is 1. The Balaban J connectivity index is 1.38. The van der Waals surface area contributed by atoms with E-state index in [9.17, 15) is 4.79 Å². The third kappa shape index (κ3) is 6.22. The number of likely N-dealkylation sites (tertiary alicyclic amines) is 1. The Hall–Kier alpha value is -4.14. The molecular weight excluding hydrogens is 626 g/mol. The average Bonchev–Trinajstić information content (AvgIpc) is 3.36. The quantitative estimate of drug-likeness (QED) is 0.137. The highest BCUT2D eigenvalue weighted by atomic mass is 79.9. The van der Waals surface area contributed by atoms with Crippen molar-refractivity contribution >= 4 is 38.6 Å². The lowest BCUT2D eigenvalue weighted by atomic mass is 9.77. The van der Waals surface area contributed by atoms with Crippen LogP contribution in [0.4, 0.5) is 10.5 Å². The lowest BCUT2D eigenvalue weighted by Crippen LogP contribution is -2.49. The summed E-state index contributed by atoms with van der Waals surface area (Å²) in [6.45, 7) is 7.58. The molecule has 1 fully saturated rings. The SMILES string of the molecule is CC(C)(C)OC(=O)N1CCC[C@@H](NCc2cc3c(Br)nn(C(c4ccccc4)(c4ccccc4)c4ccccc4)c3cc2N)C1. The normalized spacial score (nSPS) is 15.7. The molecule has 1 amide bonds. The van der Waals surface area contributed by atoms with E-state index in [1.807, 2.05) is 45.0 Å². The van der Waals surface area contributed by atoms with Gasteiger partial charge in [0.15, 0.2) is 0 Å². The number of carbonyl (C=O) groups excluding carboxylic acids is 1. The predicted octanol–water partition coefficient (Wildman–Crippen LogP) is 7.71. The van der Waals surface area contributed by atoms with Gasteiger partial charge in [0, 0.05) is 36.7 Å². The lowest BCUT2D eigenvalue weighted by Gasteiger charge is -2.37. The molecular formula is C37H40BrN5O2. The first-order chi connectivity index (χ1) is 21.7. The summed E-state index contributed by atoms with van der Waals surface area (Å²) in [6, 6.07) is 35.8. The van der Waals surface area contributed by atoms with E-state index >= 15 is 0 Å². The molecule has 1 aliphatic rings. The Kier molecular flexibility index (Phi) is 8.71. The summed E-state index contributed by atoms with van der Waals surface area (Å²) in [6.07, 6.45) is 1.64. The molecule has 0 unspecified atom stereocenters. The molecule has 1 aliphatic heterocycles. The van der Waals surface area contributed by atoms with Crippen molar-refractivity contribution in [1.29, 1.82) is 0 Å². The number of aromatic nitrogens is 2. The van der Waals surface area contributed by atoms with Crippen LogP contribution in [-0.2, 0) is 16.8 Å². The van der Waals surface area contributed by atoms with Gasteiger partial charge in [-0.25, -0.2) is 9.48 Å². The van der Waals surface area contributed by atoms with Crippen molar-refractivity contribution in [3.63, 3.8) is 0 Å². The fraction of sp³-hybridized carbons (Fsp3) is 0.297. The summed E-state index contributed by atoms with van der Waals surface area (Å²) in [5.74, 6) is 0. The molecule has 0 spiro atoms. The summed E-state index contributed by atoms with van der Waals surface area (Å²) in [4.78, 5) is 14.5. The monoisotopic (exact) mass is 665 g/mol. The van der Waals surface area contributed by atoms with Crippen LogP contribution in [0.5, 0.6) is 0 Å². The number of amides is 1. The second-order valence-corrected chi connectivity index (χ2v) is 13.5. The van der Waals surface area contributed by atoms with E-state index in [1.165, 1.54) is 0 Å². The number of halogens is 1. The van der Waals surface area contributed by atoms with Gasteiger partial charge in [-0.15, -0.1) is 0 Å². The Labute approximate surface area is 273 Å². The molecule has 0 aliphatic carbocycles. The first-order valence-electron chi connectivity index (χ1n) is 15.5. The van der Waals surface area contributed by atoms with Crippen LogP contribution in [0.2, 0.25) is 0 Å². The molecule has 3 N–H and O–H groups in total. The van der Waals surface area contributed by atoms with Gasteiger partial charge in [-0.1, -0.05) is 91.0 Å². The van der Waals surface area contributed by atoms with E-state index in [2.05, 4.69) is 105 Å². The van der Waals surface area contributed by atoms with E-state index in [1.54, 1.807) is 4.90 Å². The standard InChI is InChI=1S/C37H40BrN5O2/c1-36(2,3)45-35(44)42-21-13-20-30(25-42)40-24-26-22-31-33(23-32(26)39)43(41-34(31)38)37(27-14-7-4-8-15-27,28-16-9-5-10-17-28)29-18-11-6-12-19-29/h4-12,14-19,22-23,30,40H,13,20-21,24-25,39H2,1-3H3/t30-/m1/s1. The fourth-order valence-corrected chi connectivity index (χ4v) is 6.87. The zero-order valence-electron chi connectivity index (χ0n) is 26.0. The molecule has 4 aromatic carbocycles. The smallest absolute Gasteiger partial charge is 0.410 e. The van der Waals surface area contributed by atoms with E-state index in [0.29, 0.717) is 25.3 Å². The van der Waals surface area contributed by atoms with E-state index in [4.69, 9.17) is 15.6 Å². The third-order valence-electron chi connectivity index (χ3n) is 8.44. The van der Waals surface area contributed by atoms with Crippen LogP contribution in [0, 0.1) is 0 Å². The predicted molar refractivity (Wildman–Crippen MR) is 184 cm³/mol. The maximum Gasteiger partial charge on any atom is 0.410 e. The Morgan fingerprint density at radius 1 is 0.933 bits per heavy atom. The number of carbonyl (C=O) groups is 1. The number of benzene rings is 4. The van der Waals surface area contributed by atoms with E-state index < -0.39 is 11.1 Å². The molecule has 1 atom stereocenters. The Bertz CT molecular complexity index is 1670. The second-order valence-electron chi connectivity index (χ2n) is 12.7. The molecule has 0 saturated carbocycles. The van der Waals surface area contributed by atoms with Gasteiger partial charge in [0.25, 0.3) is 0 Å². The van der Waals surface area contributed by atoms with Crippen LogP contribution in [0.1, 0.15) is 55.9 Å². The van der Waals surface area contributed by atoms with Crippen molar-refractivity contribution in [2.24, 2.45) is 0 Å². The minimum Gasteiger partial charge on any atom is -0.444 e. The largest absolute Gasteiger partial charge is 0.444 e. The maximum atomic E-state index is 12.7. The van der Waals surface area contributed by atoms with Crippen LogP contribution in [0.3, 0.4) is 0 Å². The molecule has 7 nitrogen and oxygen atoms in total. The van der Waals surface area contributed by atoms with Crippen LogP contribution < -0.4 is 11.1 Å². The second kappa shape index (κ2) is 12.7. The minimum absolute atomic E-state index is 0.148. The number of hydrogen-bond acceptors (Lipinski definition) is 5. The molecule has 0 radical (unpaired) electrons. The zero-order valence-corrected chi connectivity index (χ0v) is 27.6. The molecule has 6 rings (SSSR count). The number of fused-ring (bicyclic) bond motifs is 1. The highest BCUT2D eigenvalue weighted by Gasteiger charge is 2.41. The Morgan fingerprint density at radius 3 is 2.02 bits per heavy atom. The van der Waals surface area contributed by atoms with Crippen LogP contribution in [0.15, 0.2) is 108 Å². The van der Waals surface area contributed by atoms with Crippen molar-refractivity contribution in [3.8, 4) is 0 Å². The first-order valence-corrected chi connectivity index (χ1v) is 16.3. The fourth-order valence-electron chi connectivity index (χ4n) is 6.39. The van der Waals surface area contributed by atoms with Gasteiger partial charge in [0.05, 0.1) is 5.52 Å². The summed E-state index contributed by atoms with van der Waals surface area (Å²) >= 11 is 3.81. The van der Waals surface area contributed by atoms with Gasteiger partial charge < -0.3 is 20.7 Å². The van der Waals surface area contributed by atoms with Crippen LogP contribution in [-0.4, -0.2) is 45.5 Å². The number of ether oxygens (including phenoxy) is 1. The van der Waals surface area contributed by atoms with Gasteiger partial charge in [-0.2, -0.15) is 5.10 Å². The number of piperidine rings is 1. The highest BCUT2D eigenvalue weighted by Crippen LogP contribution is 2.44. The summed E-state index contributed by atoms with van der Waals surface area (Å²) in [5.41, 5.74) is 11.4. The molecule has 0 bridgehead atoms. The molecule has 45 heavy (non-hydrogen) atoms. The number of nitrogens with zero attached hydrogens (tertiary/aromatic N) is 3. The van der Waals surface area contributed by atoms with E-state index in [-0.39, 0.29) is 12.1 Å². The molecule has 1 aromatic heterocycles. The van der Waals surface area contributed by atoms with Crippen molar-refractivity contribution in [2.75, 3.05) is 18.8 Å². The number of hydrogen-bond donors (Lipinski definition) is 2. The first kappa shape index (κ1) is 30.9. The minimum atomic E-state index is -0.756. The molecule has 2 heterocycles. The van der Waals surface area contributed by atoms with Crippen LogP contribution >= 0.6 is 15.9 Å². The van der Waals surface area contributed by atoms with Gasteiger partial charge in [-0.05, 0) is 83.9 Å². The number of anilines is 1. The number of nitrogen functional groups attached to an aromatic ring is 1. The highest BCUT2D eigenvalue weighted by molar-refractivity contribution is 9.10. The van der Waals surface area contributed by atoms with Crippen molar-refractivity contribution in [3.05, 3.63) is 130 Å². The Morgan fingerprint density at radius 2 is 1.49 bits per heavy atom. The van der Waals surface area contributed by atoms with Gasteiger partial charge in [0.2, 0.25) is 0 Å². The van der Waals surface area contributed by atoms with Crippen molar-refractivity contribution in [1.82, 2.24) is 20.0 Å². The molecule has 1 saturated heterocycles. The van der Waals surface area contributed by atoms with E-state index in [0.717, 1.165) is 50.6 Å². The van der Waals surface area contributed by atoms with Crippen molar-refractivity contribution in [2.45, 2.75) is 57.3 Å². The molecule has 8 heteroatoms. The summed E-state index contributed by atoms with van der Waals surface area (Å²) in [7, 11) is 0. The van der Waals surface area contributed by atoms with Crippen molar-refractivity contribution < 1.29 is 9.53 Å². The third-order valence-corrected chi connectivity index (χ3v) is 9.03. The topological polar surface area (TPSA) is 85.4 Å².